The van der Waals surface area contributed by atoms with E-state index in [4.69, 9.17) is 9.84 Å². The van der Waals surface area contributed by atoms with Gasteiger partial charge in [-0.05, 0) is 104 Å². The van der Waals surface area contributed by atoms with Crippen LogP contribution in [-0.4, -0.2) is 45.2 Å². The summed E-state index contributed by atoms with van der Waals surface area (Å²) in [5.41, 5.74) is 2.09. The monoisotopic (exact) mass is 604 g/mol. The van der Waals surface area contributed by atoms with Crippen molar-refractivity contribution in [2.75, 3.05) is 5.75 Å². The van der Waals surface area contributed by atoms with Crippen LogP contribution in [0.2, 0.25) is 0 Å². The Balaban J connectivity index is 1.35. The molecule has 0 amide bonds. The van der Waals surface area contributed by atoms with E-state index in [-0.39, 0.29) is 17.3 Å². The van der Waals surface area contributed by atoms with Gasteiger partial charge in [0.25, 0.3) is 0 Å². The van der Waals surface area contributed by atoms with Crippen LogP contribution in [0.3, 0.4) is 0 Å². The SMILES string of the molecule is CC[C@H](CC[C@@H](C)[C@H]1CC[C@H]2[C@@H]3CC=C4C[C@@H](OC(=O)CSC(CC(=O)O)C(=O)O)CC[C@]4(C)[C@H]3CC[C@]12C)C(C)C. The molecule has 0 aliphatic heterocycles. The third-order valence-corrected chi connectivity index (χ3v) is 13.8. The first-order chi connectivity index (χ1) is 19.8. The molecule has 3 fully saturated rings. The van der Waals surface area contributed by atoms with Crippen molar-refractivity contribution in [2.45, 2.75) is 130 Å². The number of aliphatic carboxylic acids is 2. The molecule has 2 N–H and O–H groups in total. The van der Waals surface area contributed by atoms with E-state index in [1.807, 2.05) is 0 Å². The lowest BCUT2D eigenvalue weighted by Gasteiger charge is -2.58. The van der Waals surface area contributed by atoms with Crippen molar-refractivity contribution in [1.82, 2.24) is 0 Å². The molecule has 0 radical (unpaired) electrons. The Kier molecular flexibility index (Phi) is 10.9. The summed E-state index contributed by atoms with van der Waals surface area (Å²) in [7, 11) is 0. The van der Waals surface area contributed by atoms with Crippen molar-refractivity contribution in [3.63, 3.8) is 0 Å². The van der Waals surface area contributed by atoms with Crippen LogP contribution in [0.5, 0.6) is 0 Å². The second kappa shape index (κ2) is 13.6. The van der Waals surface area contributed by atoms with Gasteiger partial charge >= 0.3 is 17.9 Å². The number of allylic oxidation sites excluding steroid dienone is 1. The van der Waals surface area contributed by atoms with E-state index in [2.05, 4.69) is 47.6 Å². The lowest BCUT2D eigenvalue weighted by Crippen LogP contribution is -2.51. The van der Waals surface area contributed by atoms with Gasteiger partial charge in [0.05, 0.1) is 12.2 Å². The van der Waals surface area contributed by atoms with Gasteiger partial charge in [-0.2, -0.15) is 0 Å². The summed E-state index contributed by atoms with van der Waals surface area (Å²) >= 11 is 0.839. The van der Waals surface area contributed by atoms with Gasteiger partial charge in [0, 0.05) is 6.42 Å². The van der Waals surface area contributed by atoms with Crippen LogP contribution in [0, 0.1) is 52.3 Å². The van der Waals surface area contributed by atoms with Gasteiger partial charge in [0.2, 0.25) is 0 Å². The Hall–Kier alpha value is -1.50. The first-order valence-corrected chi connectivity index (χ1v) is 17.8. The number of carbonyl (C=O) groups is 3. The van der Waals surface area contributed by atoms with E-state index >= 15 is 0 Å². The summed E-state index contributed by atoms with van der Waals surface area (Å²) in [4.78, 5) is 34.8. The van der Waals surface area contributed by atoms with Crippen LogP contribution >= 0.6 is 11.8 Å². The van der Waals surface area contributed by atoms with E-state index in [1.54, 1.807) is 0 Å². The minimum absolute atomic E-state index is 0.141. The molecule has 0 aromatic carbocycles. The van der Waals surface area contributed by atoms with Crippen LogP contribution in [0.1, 0.15) is 119 Å². The highest BCUT2D eigenvalue weighted by molar-refractivity contribution is 8.01. The molecule has 42 heavy (non-hydrogen) atoms. The van der Waals surface area contributed by atoms with Crippen molar-refractivity contribution in [2.24, 2.45) is 52.3 Å². The normalized spacial score (nSPS) is 36.2. The summed E-state index contributed by atoms with van der Waals surface area (Å²) in [5, 5.41) is 17.0. The maximum absolute atomic E-state index is 12.6. The summed E-state index contributed by atoms with van der Waals surface area (Å²) in [5.74, 6) is 2.55. The van der Waals surface area contributed by atoms with Gasteiger partial charge in [-0.15, -0.1) is 11.8 Å². The molecule has 10 atom stereocenters. The second-order valence-corrected chi connectivity index (χ2v) is 16.2. The molecule has 0 bridgehead atoms. The number of carbonyl (C=O) groups excluding carboxylic acids is 1. The Morgan fingerprint density at radius 3 is 2.40 bits per heavy atom. The minimum atomic E-state index is -1.21. The first kappa shape index (κ1) is 33.4. The molecule has 0 aromatic heterocycles. The Morgan fingerprint density at radius 1 is 1.02 bits per heavy atom. The number of ether oxygens (including phenoxy) is 1. The molecule has 6 nitrogen and oxygen atoms in total. The quantitative estimate of drug-likeness (QED) is 0.161. The fourth-order valence-corrected chi connectivity index (χ4v) is 11.0. The van der Waals surface area contributed by atoms with E-state index in [9.17, 15) is 19.5 Å². The smallest absolute Gasteiger partial charge is 0.317 e. The highest BCUT2D eigenvalue weighted by atomic mass is 32.2. The van der Waals surface area contributed by atoms with Gasteiger partial charge in [-0.25, -0.2) is 0 Å². The van der Waals surface area contributed by atoms with Crippen LogP contribution in [-0.2, 0) is 19.1 Å². The van der Waals surface area contributed by atoms with Crippen LogP contribution < -0.4 is 0 Å². The molecule has 1 unspecified atom stereocenters. The third kappa shape index (κ3) is 6.91. The summed E-state index contributed by atoms with van der Waals surface area (Å²) in [6.07, 6.45) is 15.0. The van der Waals surface area contributed by atoms with Gasteiger partial charge in [0.15, 0.2) is 0 Å². The van der Waals surface area contributed by atoms with Crippen molar-refractivity contribution >= 4 is 29.7 Å². The minimum Gasteiger partial charge on any atom is -0.481 e. The molecule has 4 aliphatic carbocycles. The number of carboxylic acid groups (broad SMARTS) is 2. The predicted octanol–water partition coefficient (Wildman–Crippen LogP) is 8.24. The predicted molar refractivity (Wildman–Crippen MR) is 168 cm³/mol. The maximum atomic E-state index is 12.6. The Morgan fingerprint density at radius 2 is 1.76 bits per heavy atom. The summed E-state index contributed by atoms with van der Waals surface area (Å²) in [6.45, 7) is 14.8. The zero-order valence-corrected chi connectivity index (χ0v) is 27.7. The van der Waals surface area contributed by atoms with Crippen LogP contribution in [0.4, 0.5) is 0 Å². The Labute approximate surface area is 258 Å². The zero-order chi connectivity index (χ0) is 30.8. The molecule has 0 spiro atoms. The van der Waals surface area contributed by atoms with E-state index in [1.165, 1.54) is 50.5 Å². The van der Waals surface area contributed by atoms with Gasteiger partial charge in [-0.3, -0.25) is 14.4 Å². The maximum Gasteiger partial charge on any atom is 0.317 e. The number of hydrogen-bond acceptors (Lipinski definition) is 5. The Bertz CT molecular complexity index is 1020. The zero-order valence-electron chi connectivity index (χ0n) is 26.9. The molecule has 3 saturated carbocycles. The van der Waals surface area contributed by atoms with Gasteiger partial charge in [-0.1, -0.05) is 66.0 Å². The number of fused-ring (bicyclic) bond motifs is 5. The molecular weight excluding hydrogens is 548 g/mol. The highest BCUT2D eigenvalue weighted by Gasteiger charge is 2.59. The highest BCUT2D eigenvalue weighted by Crippen LogP contribution is 2.67. The number of esters is 1. The first-order valence-electron chi connectivity index (χ1n) is 16.7. The average Bonchev–Trinajstić information content (AvgIpc) is 3.28. The van der Waals surface area contributed by atoms with Crippen molar-refractivity contribution < 1.29 is 29.3 Å². The molecule has 238 valence electrons. The van der Waals surface area contributed by atoms with Gasteiger partial charge in [0.1, 0.15) is 11.4 Å². The topological polar surface area (TPSA) is 101 Å². The van der Waals surface area contributed by atoms with E-state index in [0.29, 0.717) is 11.3 Å². The number of carboxylic acids is 2. The molecule has 0 aromatic rings. The van der Waals surface area contributed by atoms with Crippen molar-refractivity contribution in [1.29, 1.82) is 0 Å². The van der Waals surface area contributed by atoms with Crippen LogP contribution in [0.15, 0.2) is 11.6 Å². The van der Waals surface area contributed by atoms with Crippen molar-refractivity contribution in [3.8, 4) is 0 Å². The lowest BCUT2D eigenvalue weighted by atomic mass is 9.47. The molecular formula is C35H56O6S. The number of thioether (sulfide) groups is 1. The van der Waals surface area contributed by atoms with Gasteiger partial charge < -0.3 is 14.9 Å². The van der Waals surface area contributed by atoms with E-state index in [0.717, 1.165) is 73.0 Å². The summed E-state index contributed by atoms with van der Waals surface area (Å²) < 4.78 is 5.80. The largest absolute Gasteiger partial charge is 0.481 e. The second-order valence-electron chi connectivity index (χ2n) is 15.0. The fourth-order valence-electron chi connectivity index (χ4n) is 10.2. The van der Waals surface area contributed by atoms with Crippen molar-refractivity contribution in [3.05, 3.63) is 11.6 Å². The molecule has 0 saturated heterocycles. The molecule has 7 heteroatoms. The number of hydrogen-bond donors (Lipinski definition) is 2. The lowest BCUT2D eigenvalue weighted by molar-refractivity contribution is -0.148. The van der Waals surface area contributed by atoms with E-state index < -0.39 is 29.6 Å². The third-order valence-electron chi connectivity index (χ3n) is 12.6. The molecule has 0 heterocycles. The van der Waals surface area contributed by atoms with Crippen LogP contribution in [0.25, 0.3) is 0 Å². The fraction of sp³-hybridized carbons (Fsp3) is 0.857. The molecule has 4 rings (SSSR count). The standard InChI is InChI=1S/C35H56O6S/c1-7-23(21(2)3)9-8-22(4)27-12-13-28-26-11-10-24-18-25(14-16-34(24,5)29(26)15-17-35(27,28)6)41-32(38)20-42-30(33(39)40)19-31(36)37/h10,21-23,25-30H,7-9,11-20H2,1-6H3,(H,36,37)(H,39,40)/t22-,23-,25+,26+,27-,28+,29+,30?,34+,35-/m1/s1. The average molecular weight is 605 g/mol. The molecule has 4 aliphatic rings. The number of rotatable bonds is 13. The summed E-state index contributed by atoms with van der Waals surface area (Å²) in [6, 6.07) is 0.